The summed E-state index contributed by atoms with van der Waals surface area (Å²) in [7, 11) is -3.13. The van der Waals surface area contributed by atoms with Gasteiger partial charge in [-0.15, -0.1) is 0 Å². The second kappa shape index (κ2) is 5.69. The van der Waals surface area contributed by atoms with E-state index in [1.807, 2.05) is 24.3 Å². The van der Waals surface area contributed by atoms with Crippen molar-refractivity contribution in [2.45, 2.75) is 24.7 Å². The van der Waals surface area contributed by atoms with E-state index in [1.165, 1.54) is 5.41 Å². The number of fused-ring (bicyclic) bond motifs is 2. The molecule has 0 saturated carbocycles. The molecule has 1 aromatic carbocycles. The maximum absolute atomic E-state index is 12.5. The lowest BCUT2D eigenvalue weighted by Gasteiger charge is -2.38. The summed E-state index contributed by atoms with van der Waals surface area (Å²) in [4.78, 5) is 26.8. The van der Waals surface area contributed by atoms with Crippen LogP contribution < -0.4 is 5.32 Å². The Kier molecular flexibility index (Phi) is 3.72. The number of nitrogens with one attached hydrogen (secondary N) is 1. The molecule has 1 N–H and O–H groups in total. The van der Waals surface area contributed by atoms with E-state index in [2.05, 4.69) is 5.32 Å². The lowest BCUT2D eigenvalue weighted by atomic mass is 9.73. The SMILES string of the molecule is O=C(C[C@@H]1C=CS(=O)(=O)C1)N1CCC2(CC1)C(=O)Nc1ccccc12. The Morgan fingerprint density at radius 1 is 1.24 bits per heavy atom. The minimum Gasteiger partial charge on any atom is -0.343 e. The van der Waals surface area contributed by atoms with Gasteiger partial charge < -0.3 is 10.2 Å². The van der Waals surface area contributed by atoms with Gasteiger partial charge in [-0.2, -0.15) is 0 Å². The molecule has 1 saturated heterocycles. The van der Waals surface area contributed by atoms with E-state index in [4.69, 9.17) is 0 Å². The molecule has 0 aromatic heterocycles. The maximum atomic E-state index is 12.5. The van der Waals surface area contributed by atoms with Gasteiger partial charge in [-0.3, -0.25) is 9.59 Å². The van der Waals surface area contributed by atoms with E-state index >= 15 is 0 Å². The van der Waals surface area contributed by atoms with Crippen molar-refractivity contribution in [1.29, 1.82) is 0 Å². The van der Waals surface area contributed by atoms with Gasteiger partial charge in [0, 0.05) is 36.5 Å². The van der Waals surface area contributed by atoms with Gasteiger partial charge in [-0.1, -0.05) is 24.3 Å². The van der Waals surface area contributed by atoms with Gasteiger partial charge in [-0.25, -0.2) is 8.42 Å². The Bertz CT molecular complexity index is 867. The number of rotatable bonds is 2. The van der Waals surface area contributed by atoms with Crippen LogP contribution in [0, 0.1) is 5.92 Å². The minimum atomic E-state index is -3.13. The van der Waals surface area contributed by atoms with Crippen LogP contribution in [0.4, 0.5) is 5.69 Å². The van der Waals surface area contributed by atoms with Crippen LogP contribution in [0.25, 0.3) is 0 Å². The molecule has 25 heavy (non-hydrogen) atoms. The second-order valence-electron chi connectivity index (χ2n) is 7.08. The highest BCUT2D eigenvalue weighted by atomic mass is 32.2. The van der Waals surface area contributed by atoms with Gasteiger partial charge in [0.1, 0.15) is 0 Å². The molecule has 4 rings (SSSR count). The summed E-state index contributed by atoms with van der Waals surface area (Å²) in [5.74, 6) is -0.227. The molecular formula is C18H20N2O4S. The molecule has 2 amide bonds. The van der Waals surface area contributed by atoms with E-state index < -0.39 is 15.3 Å². The van der Waals surface area contributed by atoms with Crippen molar-refractivity contribution in [3.8, 4) is 0 Å². The fourth-order valence-corrected chi connectivity index (χ4v) is 5.53. The lowest BCUT2D eigenvalue weighted by molar-refractivity contribution is -0.135. The van der Waals surface area contributed by atoms with Crippen LogP contribution in [0.2, 0.25) is 0 Å². The molecule has 1 aromatic rings. The Labute approximate surface area is 146 Å². The third-order valence-electron chi connectivity index (χ3n) is 5.54. The number of hydrogen-bond acceptors (Lipinski definition) is 4. The number of amides is 2. The van der Waals surface area contributed by atoms with Crippen molar-refractivity contribution in [3.05, 3.63) is 41.3 Å². The summed E-state index contributed by atoms with van der Waals surface area (Å²) in [5.41, 5.74) is 1.36. The zero-order valence-electron chi connectivity index (χ0n) is 13.8. The van der Waals surface area contributed by atoms with Gasteiger partial charge in [0.15, 0.2) is 9.84 Å². The van der Waals surface area contributed by atoms with E-state index in [1.54, 1.807) is 11.0 Å². The van der Waals surface area contributed by atoms with Crippen LogP contribution in [0.3, 0.4) is 0 Å². The molecule has 132 valence electrons. The first-order valence-electron chi connectivity index (χ1n) is 8.49. The van der Waals surface area contributed by atoms with Gasteiger partial charge in [0.2, 0.25) is 11.8 Å². The summed E-state index contributed by atoms with van der Waals surface area (Å²) in [5, 5.41) is 4.16. The average Bonchev–Trinajstić information content (AvgIpc) is 3.06. The Hall–Kier alpha value is -2.15. The third-order valence-corrected chi connectivity index (χ3v) is 7.00. The van der Waals surface area contributed by atoms with Gasteiger partial charge in [-0.05, 0) is 24.5 Å². The lowest BCUT2D eigenvalue weighted by Crippen LogP contribution is -2.48. The van der Waals surface area contributed by atoms with Crippen molar-refractivity contribution in [2.24, 2.45) is 5.92 Å². The number of anilines is 1. The highest BCUT2D eigenvalue weighted by Gasteiger charge is 2.48. The largest absolute Gasteiger partial charge is 0.343 e. The minimum absolute atomic E-state index is 0.0191. The van der Waals surface area contributed by atoms with Gasteiger partial charge in [0.05, 0.1) is 11.2 Å². The number of para-hydroxylation sites is 1. The number of nitrogens with zero attached hydrogens (tertiary/aromatic N) is 1. The van der Waals surface area contributed by atoms with Gasteiger partial charge in [0.25, 0.3) is 0 Å². The molecule has 7 heteroatoms. The number of sulfone groups is 1. The van der Waals surface area contributed by atoms with Crippen LogP contribution in [0.1, 0.15) is 24.8 Å². The number of likely N-dealkylation sites (tertiary alicyclic amines) is 1. The molecule has 0 aliphatic carbocycles. The summed E-state index contributed by atoms with van der Waals surface area (Å²) in [6, 6.07) is 7.73. The quantitative estimate of drug-likeness (QED) is 0.865. The molecule has 0 unspecified atom stereocenters. The van der Waals surface area contributed by atoms with Crippen LogP contribution >= 0.6 is 0 Å². The molecule has 6 nitrogen and oxygen atoms in total. The number of carbonyl (C=O) groups excluding carboxylic acids is 2. The zero-order chi connectivity index (χ0) is 17.7. The number of carbonyl (C=O) groups is 2. The molecule has 1 fully saturated rings. The normalized spacial score (nSPS) is 25.8. The molecule has 1 spiro atoms. The number of allylic oxidation sites excluding steroid dienone is 1. The summed E-state index contributed by atoms with van der Waals surface area (Å²) in [6.45, 7) is 1.04. The number of benzene rings is 1. The third kappa shape index (κ3) is 2.76. The van der Waals surface area contributed by atoms with E-state index in [0.717, 1.165) is 11.3 Å². The molecule has 1 atom stereocenters. The first-order valence-corrected chi connectivity index (χ1v) is 10.2. The molecule has 3 heterocycles. The fourth-order valence-electron chi connectivity index (χ4n) is 4.13. The molecular weight excluding hydrogens is 340 g/mol. The molecule has 0 radical (unpaired) electrons. The number of hydrogen-bond donors (Lipinski definition) is 1. The Morgan fingerprint density at radius 2 is 1.96 bits per heavy atom. The average molecular weight is 360 g/mol. The van der Waals surface area contributed by atoms with Crippen molar-refractivity contribution in [2.75, 3.05) is 24.2 Å². The summed E-state index contributed by atoms with van der Waals surface area (Å²) in [6.07, 6.45) is 3.02. The van der Waals surface area contributed by atoms with Crippen molar-refractivity contribution in [3.63, 3.8) is 0 Å². The van der Waals surface area contributed by atoms with E-state index in [-0.39, 0.29) is 29.9 Å². The molecule has 3 aliphatic rings. The van der Waals surface area contributed by atoms with Crippen LogP contribution in [-0.4, -0.2) is 44.0 Å². The predicted molar refractivity (Wildman–Crippen MR) is 93.6 cm³/mol. The highest BCUT2D eigenvalue weighted by Crippen LogP contribution is 2.44. The smallest absolute Gasteiger partial charge is 0.235 e. The fraction of sp³-hybridized carbons (Fsp3) is 0.444. The molecule has 0 bridgehead atoms. The first-order chi connectivity index (χ1) is 11.9. The van der Waals surface area contributed by atoms with Crippen molar-refractivity contribution in [1.82, 2.24) is 4.90 Å². The molecule has 3 aliphatic heterocycles. The zero-order valence-corrected chi connectivity index (χ0v) is 14.6. The Balaban J connectivity index is 1.43. The van der Waals surface area contributed by atoms with Crippen LogP contribution in [0.5, 0.6) is 0 Å². The predicted octanol–water partition coefficient (Wildman–Crippen LogP) is 1.45. The first kappa shape index (κ1) is 16.3. The highest BCUT2D eigenvalue weighted by molar-refractivity contribution is 7.94. The van der Waals surface area contributed by atoms with E-state index in [9.17, 15) is 18.0 Å². The number of piperidine rings is 1. The van der Waals surface area contributed by atoms with Crippen molar-refractivity contribution < 1.29 is 18.0 Å². The monoisotopic (exact) mass is 360 g/mol. The maximum Gasteiger partial charge on any atom is 0.235 e. The van der Waals surface area contributed by atoms with Crippen LogP contribution in [0.15, 0.2) is 35.7 Å². The topological polar surface area (TPSA) is 83.6 Å². The van der Waals surface area contributed by atoms with Crippen LogP contribution in [-0.2, 0) is 24.8 Å². The standard InChI is InChI=1S/C18H20N2O4S/c21-16(11-13-5-10-25(23,24)12-13)20-8-6-18(7-9-20)14-3-1-2-4-15(14)19-17(18)22/h1-5,10,13H,6-9,11-12H2,(H,19,22)/t13-/m0/s1. The van der Waals surface area contributed by atoms with Crippen molar-refractivity contribution >= 4 is 27.3 Å². The van der Waals surface area contributed by atoms with Gasteiger partial charge >= 0.3 is 0 Å². The summed E-state index contributed by atoms with van der Waals surface area (Å²) < 4.78 is 22.9. The Morgan fingerprint density at radius 3 is 2.64 bits per heavy atom. The van der Waals surface area contributed by atoms with E-state index in [0.29, 0.717) is 25.9 Å². The summed E-state index contributed by atoms with van der Waals surface area (Å²) >= 11 is 0. The second-order valence-corrected chi connectivity index (χ2v) is 9.02.